The number of ether oxygens (including phenoxy) is 1. The monoisotopic (exact) mass is 366 g/mol. The second-order valence-corrected chi connectivity index (χ2v) is 6.16. The standard InChI is InChI=1S/C20H15FN2O4/c1-27-18-13-6-3-9-22-16(13)17(24)14-15(18)20(26)23(19(14)25)10-11-4-2-5-12(21)8-7-11/h2-9,12,24H,10H2,1H3. The molecule has 1 N–H and O–H groups in total. The van der Waals surface area contributed by atoms with Gasteiger partial charge >= 0.3 is 0 Å². The van der Waals surface area contributed by atoms with Crippen molar-refractivity contribution in [3.63, 3.8) is 0 Å². The third kappa shape index (κ3) is 2.59. The van der Waals surface area contributed by atoms with Gasteiger partial charge in [-0.2, -0.15) is 0 Å². The molecule has 6 nitrogen and oxygen atoms in total. The van der Waals surface area contributed by atoms with Crippen molar-refractivity contribution in [2.75, 3.05) is 13.7 Å². The zero-order valence-electron chi connectivity index (χ0n) is 14.3. The summed E-state index contributed by atoms with van der Waals surface area (Å²) >= 11 is 0. The third-order valence-electron chi connectivity index (χ3n) is 4.55. The van der Waals surface area contributed by atoms with Crippen molar-refractivity contribution in [1.82, 2.24) is 9.88 Å². The molecular weight excluding hydrogens is 351 g/mol. The van der Waals surface area contributed by atoms with E-state index in [1.54, 1.807) is 18.2 Å². The van der Waals surface area contributed by atoms with Crippen LogP contribution in [-0.4, -0.2) is 46.6 Å². The Bertz CT molecular complexity index is 1070. The maximum Gasteiger partial charge on any atom is 0.265 e. The summed E-state index contributed by atoms with van der Waals surface area (Å²) in [6.07, 6.45) is 7.66. The molecule has 136 valence electrons. The number of hydrogen-bond donors (Lipinski definition) is 1. The summed E-state index contributed by atoms with van der Waals surface area (Å²) in [4.78, 5) is 30.9. The molecule has 1 atom stereocenters. The normalized spacial score (nSPS) is 18.7. The maximum atomic E-state index is 13.4. The molecule has 1 unspecified atom stereocenters. The van der Waals surface area contributed by atoms with Crippen molar-refractivity contribution < 1.29 is 23.8 Å². The van der Waals surface area contributed by atoms with Crippen LogP contribution in [0.5, 0.6) is 11.5 Å². The number of hydrogen-bond acceptors (Lipinski definition) is 5. The number of fused-ring (bicyclic) bond motifs is 2. The summed E-state index contributed by atoms with van der Waals surface area (Å²) in [6, 6.07) is 3.31. The van der Waals surface area contributed by atoms with Crippen LogP contribution in [0.15, 0.2) is 54.3 Å². The van der Waals surface area contributed by atoms with E-state index in [0.29, 0.717) is 11.0 Å². The topological polar surface area (TPSA) is 79.7 Å². The summed E-state index contributed by atoms with van der Waals surface area (Å²) < 4.78 is 18.8. The van der Waals surface area contributed by atoms with Crippen LogP contribution in [0.2, 0.25) is 0 Å². The van der Waals surface area contributed by atoms with E-state index >= 15 is 0 Å². The van der Waals surface area contributed by atoms with Crippen molar-refractivity contribution in [3.05, 3.63) is 65.4 Å². The van der Waals surface area contributed by atoms with Gasteiger partial charge in [0.2, 0.25) is 0 Å². The summed E-state index contributed by atoms with van der Waals surface area (Å²) in [7, 11) is 1.39. The lowest BCUT2D eigenvalue weighted by Gasteiger charge is -2.14. The van der Waals surface area contributed by atoms with Gasteiger partial charge in [0, 0.05) is 11.6 Å². The van der Waals surface area contributed by atoms with Gasteiger partial charge in [-0.1, -0.05) is 18.2 Å². The van der Waals surface area contributed by atoms with Gasteiger partial charge in [0.1, 0.15) is 23.0 Å². The number of carbonyl (C=O) groups is 2. The number of imide groups is 1. The number of carbonyl (C=O) groups excluding carboxylic acids is 2. The zero-order valence-corrected chi connectivity index (χ0v) is 14.3. The maximum absolute atomic E-state index is 13.4. The number of pyridine rings is 1. The summed E-state index contributed by atoms with van der Waals surface area (Å²) in [5.41, 5.74) is 0.660. The number of phenols is 1. The first-order chi connectivity index (χ1) is 13.0. The highest BCUT2D eigenvalue weighted by Gasteiger charge is 2.42. The van der Waals surface area contributed by atoms with E-state index in [1.807, 2.05) is 0 Å². The van der Waals surface area contributed by atoms with E-state index in [-0.39, 0.29) is 34.7 Å². The molecule has 2 heterocycles. The SMILES string of the molecule is COc1c2c(c(O)c3ncccc13)C(=O)N(CC1=CC=CC(F)C=C1)C2=O. The Morgan fingerprint density at radius 1 is 1.26 bits per heavy atom. The number of amides is 2. The highest BCUT2D eigenvalue weighted by Crippen LogP contribution is 2.43. The summed E-state index contributed by atoms with van der Waals surface area (Å²) in [5.74, 6) is -1.37. The van der Waals surface area contributed by atoms with Gasteiger partial charge in [-0.25, -0.2) is 4.39 Å². The minimum atomic E-state index is -1.22. The van der Waals surface area contributed by atoms with E-state index in [1.165, 1.54) is 37.6 Å². The number of benzene rings is 1. The Morgan fingerprint density at radius 3 is 2.81 bits per heavy atom. The molecule has 2 aromatic rings. The van der Waals surface area contributed by atoms with Crippen LogP contribution in [0, 0.1) is 0 Å². The molecule has 2 aliphatic rings. The van der Waals surface area contributed by atoms with E-state index < -0.39 is 18.0 Å². The van der Waals surface area contributed by atoms with Gasteiger partial charge in [0.25, 0.3) is 11.8 Å². The molecule has 0 fully saturated rings. The predicted molar refractivity (Wildman–Crippen MR) is 96.6 cm³/mol. The number of rotatable bonds is 3. The number of nitrogens with zero attached hydrogens (tertiary/aromatic N) is 2. The van der Waals surface area contributed by atoms with Gasteiger partial charge in [0.05, 0.1) is 19.2 Å². The lowest BCUT2D eigenvalue weighted by molar-refractivity contribution is 0.0667. The van der Waals surface area contributed by atoms with Crippen molar-refractivity contribution in [3.8, 4) is 11.5 Å². The molecule has 1 aromatic heterocycles. The Morgan fingerprint density at radius 2 is 2.04 bits per heavy atom. The van der Waals surface area contributed by atoms with Crippen LogP contribution in [-0.2, 0) is 0 Å². The van der Waals surface area contributed by atoms with Crippen molar-refractivity contribution in [2.45, 2.75) is 6.17 Å². The van der Waals surface area contributed by atoms with E-state index in [2.05, 4.69) is 4.98 Å². The Balaban J connectivity index is 1.82. The lowest BCUT2D eigenvalue weighted by atomic mass is 10.0. The molecule has 7 heteroatoms. The average molecular weight is 366 g/mol. The first-order valence-corrected chi connectivity index (χ1v) is 8.26. The minimum absolute atomic E-state index is 0.0117. The number of aromatic nitrogens is 1. The number of alkyl halides is 1. The Hall–Kier alpha value is -3.48. The van der Waals surface area contributed by atoms with E-state index in [9.17, 15) is 19.1 Å². The Kier molecular flexibility index (Phi) is 3.99. The van der Waals surface area contributed by atoms with Crippen LogP contribution < -0.4 is 4.74 Å². The quantitative estimate of drug-likeness (QED) is 0.845. The fourth-order valence-electron chi connectivity index (χ4n) is 3.30. The number of halogens is 1. The van der Waals surface area contributed by atoms with Crippen molar-refractivity contribution >= 4 is 22.7 Å². The molecule has 27 heavy (non-hydrogen) atoms. The fraction of sp³-hybridized carbons (Fsp3) is 0.150. The predicted octanol–water partition coefficient (Wildman–Crippen LogP) is 2.94. The second-order valence-electron chi connectivity index (χ2n) is 6.16. The van der Waals surface area contributed by atoms with E-state index in [0.717, 1.165) is 4.90 Å². The Labute approximate surface area is 153 Å². The largest absolute Gasteiger partial charge is 0.505 e. The highest BCUT2D eigenvalue weighted by atomic mass is 19.1. The molecular formula is C20H15FN2O4. The van der Waals surface area contributed by atoms with Crippen LogP contribution in [0.4, 0.5) is 4.39 Å². The number of aromatic hydroxyl groups is 1. The number of phenolic OH excluding ortho intramolecular Hbond substituents is 1. The van der Waals surface area contributed by atoms with Gasteiger partial charge in [-0.05, 0) is 29.9 Å². The first-order valence-electron chi connectivity index (χ1n) is 8.26. The molecule has 4 rings (SSSR count). The molecule has 0 spiro atoms. The van der Waals surface area contributed by atoms with E-state index in [4.69, 9.17) is 4.74 Å². The lowest BCUT2D eigenvalue weighted by Crippen LogP contribution is -2.31. The molecule has 0 saturated carbocycles. The smallest absolute Gasteiger partial charge is 0.265 e. The zero-order chi connectivity index (χ0) is 19.1. The molecule has 0 radical (unpaired) electrons. The van der Waals surface area contributed by atoms with Crippen LogP contribution in [0.1, 0.15) is 20.7 Å². The molecule has 0 saturated heterocycles. The average Bonchev–Trinajstić information content (AvgIpc) is 2.81. The van der Waals surface area contributed by atoms with Crippen LogP contribution in [0.3, 0.4) is 0 Å². The molecule has 2 amide bonds. The van der Waals surface area contributed by atoms with Crippen molar-refractivity contribution in [2.24, 2.45) is 0 Å². The molecule has 1 aromatic carbocycles. The molecule has 1 aliphatic heterocycles. The van der Waals surface area contributed by atoms with Gasteiger partial charge in [-0.15, -0.1) is 0 Å². The highest BCUT2D eigenvalue weighted by molar-refractivity contribution is 6.27. The van der Waals surface area contributed by atoms with Gasteiger partial charge < -0.3 is 9.84 Å². The summed E-state index contributed by atoms with van der Waals surface area (Å²) in [6.45, 7) is -0.0493. The van der Waals surface area contributed by atoms with Crippen LogP contribution in [0.25, 0.3) is 10.9 Å². The third-order valence-corrected chi connectivity index (χ3v) is 4.55. The second kappa shape index (κ2) is 6.35. The first kappa shape index (κ1) is 17.0. The number of methoxy groups -OCH3 is 1. The van der Waals surface area contributed by atoms with Crippen LogP contribution >= 0.6 is 0 Å². The molecule has 1 aliphatic carbocycles. The van der Waals surface area contributed by atoms with Crippen molar-refractivity contribution in [1.29, 1.82) is 0 Å². The minimum Gasteiger partial charge on any atom is -0.505 e. The van der Waals surface area contributed by atoms with Gasteiger partial charge in [0.15, 0.2) is 5.75 Å². The number of allylic oxidation sites excluding steroid dienone is 4. The fourth-order valence-corrected chi connectivity index (χ4v) is 3.30. The molecule has 0 bridgehead atoms. The summed E-state index contributed by atoms with van der Waals surface area (Å²) in [5, 5.41) is 11.0. The van der Waals surface area contributed by atoms with Gasteiger partial charge in [-0.3, -0.25) is 19.5 Å².